The summed E-state index contributed by atoms with van der Waals surface area (Å²) in [5, 5.41) is 0.686. The molecule has 8 nitrogen and oxygen atoms in total. The van der Waals surface area contributed by atoms with Crippen LogP contribution in [0.3, 0.4) is 0 Å². The molecule has 2 aromatic rings. The molecule has 0 saturated carbocycles. The Kier molecular flexibility index (Phi) is 4.43. The molecule has 0 aromatic carbocycles. The van der Waals surface area contributed by atoms with Gasteiger partial charge in [0, 0.05) is 50.9 Å². The largest absolute Gasteiger partial charge is 0.369 e. The minimum absolute atomic E-state index is 0.0598. The summed E-state index contributed by atoms with van der Waals surface area (Å²) in [5.41, 5.74) is -0.233. The lowest BCUT2D eigenvalue weighted by atomic mass is 9.74. The van der Waals surface area contributed by atoms with Gasteiger partial charge in [-0.2, -0.15) is 0 Å². The predicted octanol–water partition coefficient (Wildman–Crippen LogP) is 1.74. The number of fused-ring (bicyclic) bond motifs is 1. The Morgan fingerprint density at radius 3 is 3.00 bits per heavy atom. The zero-order valence-electron chi connectivity index (χ0n) is 16.4. The summed E-state index contributed by atoms with van der Waals surface area (Å²) in [4.78, 5) is 10.8. The highest BCUT2D eigenvalue weighted by Crippen LogP contribution is 2.55. The number of aryl methyl sites for hydroxylation is 2. The van der Waals surface area contributed by atoms with Gasteiger partial charge in [-0.05, 0) is 31.9 Å². The number of anilines is 1. The zero-order valence-corrected chi connectivity index (χ0v) is 17.9. The van der Waals surface area contributed by atoms with E-state index in [-0.39, 0.29) is 28.6 Å². The highest BCUT2D eigenvalue weighted by Gasteiger charge is 2.63. The Morgan fingerprint density at radius 1 is 1.45 bits per heavy atom. The third-order valence-corrected chi connectivity index (χ3v) is 8.28. The van der Waals surface area contributed by atoms with Crippen LogP contribution in [0.2, 0.25) is 5.02 Å². The molecule has 10 heteroatoms. The molecule has 0 amide bonds. The van der Waals surface area contributed by atoms with Crippen LogP contribution in [0.1, 0.15) is 18.7 Å². The average Bonchev–Trinajstić information content (AvgIpc) is 3.41. The second-order valence-corrected chi connectivity index (χ2v) is 10.4. The zero-order chi connectivity index (χ0) is 20.4. The summed E-state index contributed by atoms with van der Waals surface area (Å²) >= 11 is 6.35. The van der Waals surface area contributed by atoms with Crippen LogP contribution >= 0.6 is 11.6 Å². The Morgan fingerprint density at radius 2 is 2.28 bits per heavy atom. The molecule has 3 saturated heterocycles. The molecule has 1 spiro atoms. The van der Waals surface area contributed by atoms with E-state index in [4.69, 9.17) is 16.3 Å². The molecule has 5 heterocycles. The van der Waals surface area contributed by atoms with Crippen LogP contribution in [-0.2, 0) is 21.8 Å². The summed E-state index contributed by atoms with van der Waals surface area (Å²) in [6, 6.07) is 3.66. The highest BCUT2D eigenvalue weighted by atomic mass is 35.5. The van der Waals surface area contributed by atoms with Crippen LogP contribution in [0.25, 0.3) is 0 Å². The van der Waals surface area contributed by atoms with Gasteiger partial charge in [-0.25, -0.2) is 23.1 Å². The molecule has 29 heavy (non-hydrogen) atoms. The number of aromatic nitrogens is 3. The number of pyridine rings is 1. The quantitative estimate of drug-likeness (QED) is 0.766. The predicted molar refractivity (Wildman–Crippen MR) is 108 cm³/mol. The molecule has 2 aromatic heterocycles. The van der Waals surface area contributed by atoms with Gasteiger partial charge in [-0.3, -0.25) is 0 Å². The number of sulfonamides is 1. The smallest absolute Gasteiger partial charge is 0.259 e. The fraction of sp³-hybridized carbons (Fsp3) is 0.579. The lowest BCUT2D eigenvalue weighted by Crippen LogP contribution is -2.41. The molecule has 0 unspecified atom stereocenters. The van der Waals surface area contributed by atoms with Crippen molar-refractivity contribution in [2.75, 3.05) is 24.5 Å². The number of nitrogens with zero attached hydrogens (tertiary/aromatic N) is 4. The van der Waals surface area contributed by atoms with Crippen LogP contribution in [-0.4, -0.2) is 54.3 Å². The second kappa shape index (κ2) is 6.66. The summed E-state index contributed by atoms with van der Waals surface area (Å²) in [6.45, 7) is 3.64. The molecule has 5 rings (SSSR count). The summed E-state index contributed by atoms with van der Waals surface area (Å²) in [5.74, 6) is 1.79. The van der Waals surface area contributed by atoms with Crippen molar-refractivity contribution in [1.82, 2.24) is 19.3 Å². The number of nitrogens with one attached hydrogen (secondary N) is 1. The molecule has 0 aliphatic carbocycles. The van der Waals surface area contributed by atoms with Crippen molar-refractivity contribution in [2.24, 2.45) is 18.9 Å². The maximum atomic E-state index is 12.7. The van der Waals surface area contributed by atoms with Gasteiger partial charge in [0.25, 0.3) is 10.0 Å². The van der Waals surface area contributed by atoms with Crippen molar-refractivity contribution in [2.45, 2.75) is 36.5 Å². The summed E-state index contributed by atoms with van der Waals surface area (Å²) in [7, 11) is -1.87. The van der Waals surface area contributed by atoms with Crippen molar-refractivity contribution in [3.63, 3.8) is 0 Å². The average molecular weight is 438 g/mol. The van der Waals surface area contributed by atoms with Gasteiger partial charge in [0.2, 0.25) is 0 Å². The minimum Gasteiger partial charge on any atom is -0.369 e. The molecule has 3 fully saturated rings. The second-order valence-electron chi connectivity index (χ2n) is 8.31. The standard InChI is InChI=1S/C19H24ClN5O3S/c1-12-23-17(10-24(12)2)29(26,27)22-8-13-14-9-25(18-15(20)4-3-7-21-18)11-19(14)6-5-16(13)28-19/h3-4,7,10,13-14,16,22H,5-6,8-9,11H2,1-2H3/t13-,14+,16+,19+/m0/s1. The fourth-order valence-corrected chi connectivity index (χ4v) is 6.52. The number of hydrogen-bond donors (Lipinski definition) is 1. The molecule has 3 aliphatic heterocycles. The van der Waals surface area contributed by atoms with Gasteiger partial charge in [-0.1, -0.05) is 11.6 Å². The first-order valence-electron chi connectivity index (χ1n) is 9.82. The fourth-order valence-electron chi connectivity index (χ4n) is 5.17. The Hall–Kier alpha value is -1.68. The topological polar surface area (TPSA) is 89.3 Å². The molecule has 1 N–H and O–H groups in total. The minimum atomic E-state index is -3.65. The molecule has 156 valence electrons. The van der Waals surface area contributed by atoms with Gasteiger partial charge < -0.3 is 14.2 Å². The van der Waals surface area contributed by atoms with E-state index in [1.54, 1.807) is 24.7 Å². The van der Waals surface area contributed by atoms with Crippen LogP contribution in [0.5, 0.6) is 0 Å². The lowest BCUT2D eigenvalue weighted by molar-refractivity contribution is 0.0142. The van der Waals surface area contributed by atoms with E-state index in [1.165, 1.54) is 6.20 Å². The van der Waals surface area contributed by atoms with Gasteiger partial charge in [-0.15, -0.1) is 0 Å². The first kappa shape index (κ1) is 19.3. The summed E-state index contributed by atoms with van der Waals surface area (Å²) < 4.78 is 36.3. The molecule has 0 radical (unpaired) electrons. The normalized spacial score (nSPS) is 30.9. The van der Waals surface area contributed by atoms with Gasteiger partial charge in [0.1, 0.15) is 11.6 Å². The molecular formula is C19H24ClN5O3S. The number of halogens is 1. The van der Waals surface area contributed by atoms with E-state index in [2.05, 4.69) is 19.6 Å². The number of ether oxygens (including phenoxy) is 1. The Labute approximate surface area is 175 Å². The van der Waals surface area contributed by atoms with Crippen LogP contribution in [0.15, 0.2) is 29.6 Å². The molecule has 3 aliphatic rings. The van der Waals surface area contributed by atoms with E-state index in [1.807, 2.05) is 12.1 Å². The molecule has 4 atom stereocenters. The monoisotopic (exact) mass is 437 g/mol. The van der Waals surface area contributed by atoms with Gasteiger partial charge in [0.05, 0.1) is 16.7 Å². The maximum absolute atomic E-state index is 12.7. The number of imidazole rings is 1. The van der Waals surface area contributed by atoms with Crippen molar-refractivity contribution in [3.8, 4) is 0 Å². The SMILES string of the molecule is Cc1nc(S(=O)(=O)NC[C@H]2[C@H]3CN(c4ncccc4Cl)C[C@]34CC[C@H]2O4)cn1C. The number of rotatable bonds is 5. The maximum Gasteiger partial charge on any atom is 0.259 e. The van der Waals surface area contributed by atoms with Crippen molar-refractivity contribution >= 4 is 27.4 Å². The van der Waals surface area contributed by atoms with E-state index in [0.29, 0.717) is 17.4 Å². The van der Waals surface area contributed by atoms with E-state index < -0.39 is 10.0 Å². The van der Waals surface area contributed by atoms with Crippen LogP contribution in [0.4, 0.5) is 5.82 Å². The Balaban J connectivity index is 1.34. The van der Waals surface area contributed by atoms with E-state index >= 15 is 0 Å². The van der Waals surface area contributed by atoms with Crippen molar-refractivity contribution in [1.29, 1.82) is 0 Å². The van der Waals surface area contributed by atoms with Gasteiger partial charge in [0.15, 0.2) is 5.03 Å². The highest BCUT2D eigenvalue weighted by molar-refractivity contribution is 7.89. The molecular weight excluding hydrogens is 414 g/mol. The first-order valence-corrected chi connectivity index (χ1v) is 11.7. The third-order valence-electron chi connectivity index (χ3n) is 6.69. The Bertz CT molecular complexity index is 1040. The van der Waals surface area contributed by atoms with Crippen molar-refractivity contribution in [3.05, 3.63) is 35.4 Å². The van der Waals surface area contributed by atoms with E-state index in [0.717, 1.165) is 31.7 Å². The van der Waals surface area contributed by atoms with Crippen LogP contribution < -0.4 is 9.62 Å². The third kappa shape index (κ3) is 3.06. The van der Waals surface area contributed by atoms with Crippen molar-refractivity contribution < 1.29 is 13.2 Å². The number of hydrogen-bond acceptors (Lipinski definition) is 6. The van der Waals surface area contributed by atoms with Crippen LogP contribution in [0, 0.1) is 18.8 Å². The van der Waals surface area contributed by atoms with Gasteiger partial charge >= 0.3 is 0 Å². The molecule has 2 bridgehead atoms. The van der Waals surface area contributed by atoms with E-state index in [9.17, 15) is 8.42 Å². The lowest BCUT2D eigenvalue weighted by Gasteiger charge is -2.29. The summed E-state index contributed by atoms with van der Waals surface area (Å²) in [6.07, 6.45) is 5.32. The first-order chi connectivity index (χ1) is 13.8.